The molecule has 0 spiro atoms. The summed E-state index contributed by atoms with van der Waals surface area (Å²) in [4.78, 5) is 26.6. The van der Waals surface area contributed by atoms with Crippen molar-refractivity contribution in [1.82, 2.24) is 10.4 Å². The number of benzene rings is 1. The summed E-state index contributed by atoms with van der Waals surface area (Å²) in [5, 5.41) is 8.97. The van der Waals surface area contributed by atoms with E-state index in [1.807, 2.05) is 0 Å². The van der Waals surface area contributed by atoms with Gasteiger partial charge in [0.15, 0.2) is 0 Å². The molecule has 1 heterocycles. The fourth-order valence-electron chi connectivity index (χ4n) is 1.70. The number of hydrazine groups is 1. The maximum absolute atomic E-state index is 12.4. The second kappa shape index (κ2) is 6.34. The van der Waals surface area contributed by atoms with Crippen LogP contribution >= 0.6 is 0 Å². The van der Waals surface area contributed by atoms with E-state index >= 15 is 0 Å². The number of nitrogens with one attached hydrogen (secondary N) is 2. The molecule has 6 nitrogen and oxygen atoms in total. The van der Waals surface area contributed by atoms with Gasteiger partial charge in [0, 0.05) is 12.4 Å². The number of aromatic nitrogens is 1. The monoisotopic (exact) mass is 325 g/mol. The van der Waals surface area contributed by atoms with Crippen molar-refractivity contribution < 1.29 is 27.9 Å². The van der Waals surface area contributed by atoms with Crippen LogP contribution in [0.15, 0.2) is 42.7 Å². The highest BCUT2D eigenvalue weighted by Gasteiger charge is 2.29. The predicted octanol–water partition coefficient (Wildman–Crippen LogP) is 2.56. The van der Waals surface area contributed by atoms with Gasteiger partial charge in [-0.15, -0.1) is 0 Å². The third kappa shape index (κ3) is 3.96. The number of carboxylic acids is 1. The summed E-state index contributed by atoms with van der Waals surface area (Å²) in [6, 6.07) is 5.12. The molecule has 2 rings (SSSR count). The minimum absolute atomic E-state index is 0.181. The van der Waals surface area contributed by atoms with Gasteiger partial charge >= 0.3 is 12.1 Å². The number of carbonyl (C=O) groups excluding carboxylic acids is 1. The summed E-state index contributed by atoms with van der Waals surface area (Å²) in [5.74, 6) is -2.08. The van der Waals surface area contributed by atoms with E-state index < -0.39 is 23.6 Å². The number of hydrogen-bond donors (Lipinski definition) is 3. The first-order chi connectivity index (χ1) is 10.8. The average Bonchev–Trinajstić information content (AvgIpc) is 2.52. The minimum Gasteiger partial charge on any atom is -0.478 e. The number of carboxylic acid groups (broad SMARTS) is 1. The van der Waals surface area contributed by atoms with E-state index in [-0.39, 0.29) is 16.8 Å². The van der Waals surface area contributed by atoms with Crippen LogP contribution in [0.25, 0.3) is 0 Å². The number of aromatic carboxylic acids is 1. The smallest absolute Gasteiger partial charge is 0.416 e. The number of rotatable bonds is 4. The Morgan fingerprint density at radius 1 is 1.04 bits per heavy atom. The molecule has 2 aromatic rings. The van der Waals surface area contributed by atoms with Crippen LogP contribution in [0.4, 0.5) is 18.9 Å². The molecule has 0 unspecified atom stereocenters. The van der Waals surface area contributed by atoms with Gasteiger partial charge in [-0.05, 0) is 30.3 Å². The van der Waals surface area contributed by atoms with Gasteiger partial charge in [0.05, 0.1) is 22.4 Å². The lowest BCUT2D eigenvalue weighted by atomic mass is 10.1. The SMILES string of the molecule is O=C(O)c1ccncc1C(=O)NNc1ccc(C(F)(F)F)cc1. The zero-order valence-corrected chi connectivity index (χ0v) is 11.4. The molecule has 0 fully saturated rings. The van der Waals surface area contributed by atoms with E-state index in [4.69, 9.17) is 5.11 Å². The van der Waals surface area contributed by atoms with Crippen molar-refractivity contribution in [3.63, 3.8) is 0 Å². The Balaban J connectivity index is 2.07. The van der Waals surface area contributed by atoms with Gasteiger partial charge in [-0.25, -0.2) is 4.79 Å². The Bertz CT molecular complexity index is 730. The number of nitrogens with zero attached hydrogens (tertiary/aromatic N) is 1. The molecular formula is C14H10F3N3O3. The van der Waals surface area contributed by atoms with Crippen LogP contribution in [-0.4, -0.2) is 22.0 Å². The molecule has 0 radical (unpaired) electrons. The number of carbonyl (C=O) groups is 2. The van der Waals surface area contributed by atoms with Crippen molar-refractivity contribution in [3.8, 4) is 0 Å². The lowest BCUT2D eigenvalue weighted by Crippen LogP contribution is -2.30. The van der Waals surface area contributed by atoms with E-state index in [2.05, 4.69) is 15.8 Å². The second-order valence-corrected chi connectivity index (χ2v) is 4.38. The molecule has 0 aliphatic carbocycles. The van der Waals surface area contributed by atoms with Crippen molar-refractivity contribution in [3.05, 3.63) is 59.4 Å². The third-order valence-electron chi connectivity index (χ3n) is 2.83. The summed E-state index contributed by atoms with van der Waals surface area (Å²) in [6.07, 6.45) is -2.15. The quantitative estimate of drug-likeness (QED) is 0.752. The maximum atomic E-state index is 12.4. The molecule has 0 aliphatic rings. The highest BCUT2D eigenvalue weighted by molar-refractivity contribution is 6.04. The highest BCUT2D eigenvalue weighted by Crippen LogP contribution is 2.29. The van der Waals surface area contributed by atoms with Crippen LogP contribution in [0.5, 0.6) is 0 Å². The van der Waals surface area contributed by atoms with Crippen LogP contribution in [-0.2, 0) is 6.18 Å². The van der Waals surface area contributed by atoms with Crippen LogP contribution in [0.2, 0.25) is 0 Å². The number of amides is 1. The minimum atomic E-state index is -4.45. The van der Waals surface area contributed by atoms with E-state index in [0.29, 0.717) is 0 Å². The highest BCUT2D eigenvalue weighted by atomic mass is 19.4. The molecule has 0 atom stereocenters. The second-order valence-electron chi connectivity index (χ2n) is 4.38. The van der Waals surface area contributed by atoms with Gasteiger partial charge in [0.25, 0.3) is 5.91 Å². The lowest BCUT2D eigenvalue weighted by molar-refractivity contribution is -0.137. The molecule has 23 heavy (non-hydrogen) atoms. The van der Waals surface area contributed by atoms with E-state index in [0.717, 1.165) is 36.5 Å². The van der Waals surface area contributed by atoms with E-state index in [9.17, 15) is 22.8 Å². The van der Waals surface area contributed by atoms with Gasteiger partial charge in [-0.2, -0.15) is 13.2 Å². The maximum Gasteiger partial charge on any atom is 0.416 e. The first-order valence-electron chi connectivity index (χ1n) is 6.20. The first kappa shape index (κ1) is 16.3. The van der Waals surface area contributed by atoms with Crippen molar-refractivity contribution in [1.29, 1.82) is 0 Å². The molecule has 0 saturated carbocycles. The standard InChI is InChI=1S/C14H10F3N3O3/c15-14(16,17)8-1-3-9(4-2-8)19-20-12(21)11-7-18-6-5-10(11)13(22)23/h1-7,19H,(H,20,21)(H,22,23). The molecular weight excluding hydrogens is 315 g/mol. The molecule has 0 saturated heterocycles. The topological polar surface area (TPSA) is 91.3 Å². The van der Waals surface area contributed by atoms with Gasteiger partial charge in [-0.3, -0.25) is 20.6 Å². The number of alkyl halides is 3. The van der Waals surface area contributed by atoms with Gasteiger partial charge < -0.3 is 5.11 Å². The molecule has 1 aromatic heterocycles. The molecule has 0 aliphatic heterocycles. The van der Waals surface area contributed by atoms with Crippen LogP contribution in [0.1, 0.15) is 26.3 Å². The van der Waals surface area contributed by atoms with Gasteiger partial charge in [0.1, 0.15) is 0 Å². The lowest BCUT2D eigenvalue weighted by Gasteiger charge is -2.11. The summed E-state index contributed by atoms with van der Waals surface area (Å²) in [7, 11) is 0. The largest absolute Gasteiger partial charge is 0.478 e. The third-order valence-corrected chi connectivity index (χ3v) is 2.83. The predicted molar refractivity (Wildman–Crippen MR) is 73.7 cm³/mol. The summed E-state index contributed by atoms with van der Waals surface area (Å²) in [6.45, 7) is 0. The molecule has 120 valence electrons. The van der Waals surface area contributed by atoms with Crippen molar-refractivity contribution in [2.75, 3.05) is 5.43 Å². The van der Waals surface area contributed by atoms with E-state index in [1.165, 1.54) is 6.20 Å². The van der Waals surface area contributed by atoms with Crippen LogP contribution < -0.4 is 10.9 Å². The molecule has 1 amide bonds. The van der Waals surface area contributed by atoms with Gasteiger partial charge in [-0.1, -0.05) is 0 Å². The fraction of sp³-hybridized carbons (Fsp3) is 0.0714. The number of hydrogen-bond acceptors (Lipinski definition) is 4. The molecule has 1 aromatic carbocycles. The van der Waals surface area contributed by atoms with Crippen molar-refractivity contribution in [2.45, 2.75) is 6.18 Å². The van der Waals surface area contributed by atoms with Crippen LogP contribution in [0, 0.1) is 0 Å². The summed E-state index contributed by atoms with van der Waals surface area (Å²) >= 11 is 0. The first-order valence-corrected chi connectivity index (χ1v) is 6.20. The Hall–Kier alpha value is -3.10. The Labute approximate surface area is 127 Å². The number of halogens is 3. The zero-order valence-electron chi connectivity index (χ0n) is 11.4. The number of anilines is 1. The van der Waals surface area contributed by atoms with Crippen molar-refractivity contribution in [2.24, 2.45) is 0 Å². The zero-order chi connectivity index (χ0) is 17.0. The fourth-order valence-corrected chi connectivity index (χ4v) is 1.70. The average molecular weight is 325 g/mol. The summed E-state index contributed by atoms with van der Waals surface area (Å²) in [5.41, 5.74) is 3.55. The van der Waals surface area contributed by atoms with Gasteiger partial charge in [0.2, 0.25) is 0 Å². The van der Waals surface area contributed by atoms with Crippen LogP contribution in [0.3, 0.4) is 0 Å². The molecule has 9 heteroatoms. The van der Waals surface area contributed by atoms with Crippen molar-refractivity contribution >= 4 is 17.6 Å². The normalized spacial score (nSPS) is 10.9. The Morgan fingerprint density at radius 3 is 2.26 bits per heavy atom. The Kier molecular flexibility index (Phi) is 4.49. The van der Waals surface area contributed by atoms with E-state index in [1.54, 1.807) is 0 Å². The molecule has 0 bridgehead atoms. The Morgan fingerprint density at radius 2 is 1.70 bits per heavy atom. The summed E-state index contributed by atoms with van der Waals surface area (Å²) < 4.78 is 37.3. The molecule has 3 N–H and O–H groups in total. The number of pyridine rings is 1.